The third kappa shape index (κ3) is 1.78. The molecule has 8 heteroatoms. The number of hydrogen-bond acceptors (Lipinski definition) is 8. The topological polar surface area (TPSA) is 134 Å². The van der Waals surface area contributed by atoms with E-state index in [0.717, 1.165) is 0 Å². The number of rotatable bonds is 2. The Morgan fingerprint density at radius 3 is 1.50 bits per heavy atom. The molecule has 0 heterocycles. The zero-order valence-electron chi connectivity index (χ0n) is 6.65. The van der Waals surface area contributed by atoms with Crippen LogP contribution in [0.5, 0.6) is 11.5 Å². The van der Waals surface area contributed by atoms with Crippen molar-refractivity contribution in [2.45, 2.75) is 0 Å². The Morgan fingerprint density at radius 1 is 0.857 bits per heavy atom. The van der Waals surface area contributed by atoms with Crippen LogP contribution in [0.15, 0.2) is 12.1 Å². The molecule has 0 fully saturated rings. The van der Waals surface area contributed by atoms with Gasteiger partial charge in [0.2, 0.25) is 0 Å². The van der Waals surface area contributed by atoms with Crippen molar-refractivity contribution in [3.8, 4) is 11.5 Å². The van der Waals surface area contributed by atoms with E-state index in [9.17, 15) is 10.2 Å². The van der Waals surface area contributed by atoms with Gasteiger partial charge in [0.25, 0.3) is 0 Å². The predicted octanol–water partition coefficient (Wildman–Crippen LogP) is -0.997. The predicted molar refractivity (Wildman–Crippen MR) is 37.4 cm³/mol. The zero-order valence-corrected chi connectivity index (χ0v) is 6.65. The van der Waals surface area contributed by atoms with E-state index < -0.39 is 33.3 Å². The average molecular weight is 202 g/mol. The Labute approximate surface area is 77.5 Å². The second-order valence-corrected chi connectivity index (χ2v) is 2.37. The fraction of sp³-hybridized carbons (Fsp3) is 0. The summed E-state index contributed by atoms with van der Waals surface area (Å²) in [6, 6.07) is 1.27. The van der Waals surface area contributed by atoms with Gasteiger partial charge in [-0.3, -0.25) is 20.8 Å². The van der Waals surface area contributed by atoms with Gasteiger partial charge in [-0.05, 0) is 12.1 Å². The van der Waals surface area contributed by atoms with Crippen molar-refractivity contribution in [2.75, 3.05) is 10.5 Å². The standard InChI is InChI=1S/C6H8N2O6/c9-3-1-4(7(11)12)6(10)5(2-3)8(13)14/h1-2,9-14H/p-2. The zero-order chi connectivity index (χ0) is 10.9. The SMILES string of the molecule is [O-]c1cc(N(O)O)c([O-])c(N(O)O)c1. The molecule has 0 saturated heterocycles. The molecule has 14 heavy (non-hydrogen) atoms. The maximum absolute atomic E-state index is 11.1. The first-order chi connectivity index (χ1) is 6.43. The summed E-state index contributed by atoms with van der Waals surface area (Å²) >= 11 is 0. The van der Waals surface area contributed by atoms with Crippen LogP contribution in [0.4, 0.5) is 11.4 Å². The van der Waals surface area contributed by atoms with Crippen molar-refractivity contribution in [1.29, 1.82) is 0 Å². The Kier molecular flexibility index (Phi) is 2.63. The number of nitrogens with zero attached hydrogens (tertiary/aromatic N) is 2. The van der Waals surface area contributed by atoms with Gasteiger partial charge >= 0.3 is 0 Å². The minimum absolute atomic E-state index is 0.573. The summed E-state index contributed by atoms with van der Waals surface area (Å²) in [4.78, 5) is 0. The van der Waals surface area contributed by atoms with Gasteiger partial charge < -0.3 is 10.2 Å². The number of benzene rings is 1. The molecule has 0 atom stereocenters. The van der Waals surface area contributed by atoms with Crippen LogP contribution in [0.2, 0.25) is 0 Å². The molecule has 1 aromatic rings. The Morgan fingerprint density at radius 2 is 1.21 bits per heavy atom. The van der Waals surface area contributed by atoms with E-state index in [0.29, 0.717) is 12.1 Å². The molecule has 4 N–H and O–H groups in total. The van der Waals surface area contributed by atoms with Gasteiger partial charge in [0.15, 0.2) is 0 Å². The highest BCUT2D eigenvalue weighted by Gasteiger charge is 2.08. The molecular formula is C6H6N2O6-2. The number of anilines is 2. The first-order valence-corrected chi connectivity index (χ1v) is 3.31. The van der Waals surface area contributed by atoms with E-state index in [4.69, 9.17) is 20.8 Å². The summed E-state index contributed by atoms with van der Waals surface area (Å²) in [5.41, 5.74) is -1.55. The van der Waals surface area contributed by atoms with Gasteiger partial charge in [-0.25, -0.2) is 0 Å². The summed E-state index contributed by atoms with van der Waals surface area (Å²) < 4.78 is 0. The van der Waals surface area contributed by atoms with Crippen molar-refractivity contribution in [3.63, 3.8) is 0 Å². The minimum Gasteiger partial charge on any atom is -0.872 e. The molecule has 0 aliphatic heterocycles. The normalized spacial score (nSPS) is 10.0. The average Bonchev–Trinajstić information content (AvgIpc) is 2.07. The second kappa shape index (κ2) is 3.55. The Bertz CT molecular complexity index is 310. The lowest BCUT2D eigenvalue weighted by Gasteiger charge is -2.25. The van der Waals surface area contributed by atoms with Gasteiger partial charge in [-0.1, -0.05) is 5.75 Å². The molecule has 0 bridgehead atoms. The molecule has 0 spiro atoms. The van der Waals surface area contributed by atoms with Crippen molar-refractivity contribution >= 4 is 11.4 Å². The van der Waals surface area contributed by atoms with Crippen LogP contribution in [0, 0.1) is 0 Å². The van der Waals surface area contributed by atoms with Crippen LogP contribution in [-0.4, -0.2) is 20.8 Å². The van der Waals surface area contributed by atoms with Crippen molar-refractivity contribution in [3.05, 3.63) is 12.1 Å². The van der Waals surface area contributed by atoms with Gasteiger partial charge in [0.1, 0.15) is 0 Å². The van der Waals surface area contributed by atoms with Crippen molar-refractivity contribution in [1.82, 2.24) is 0 Å². The van der Waals surface area contributed by atoms with E-state index in [2.05, 4.69) is 0 Å². The second-order valence-electron chi connectivity index (χ2n) is 2.37. The van der Waals surface area contributed by atoms with Gasteiger partial charge in [-0.15, -0.1) is 16.2 Å². The summed E-state index contributed by atoms with van der Waals surface area (Å²) in [6.45, 7) is 0. The lowest BCUT2D eigenvalue weighted by molar-refractivity contribution is -0.275. The van der Waals surface area contributed by atoms with Crippen molar-refractivity contribution in [2.24, 2.45) is 0 Å². The highest BCUT2D eigenvalue weighted by molar-refractivity contribution is 5.70. The first-order valence-electron chi connectivity index (χ1n) is 3.31. The quantitative estimate of drug-likeness (QED) is 0.449. The molecule has 0 saturated carbocycles. The van der Waals surface area contributed by atoms with Crippen LogP contribution in [0.1, 0.15) is 0 Å². The third-order valence-electron chi connectivity index (χ3n) is 1.45. The fourth-order valence-electron chi connectivity index (χ4n) is 0.871. The maximum Gasteiger partial charge on any atom is 0.0880 e. The molecule has 0 radical (unpaired) electrons. The molecule has 1 aromatic carbocycles. The lowest BCUT2D eigenvalue weighted by Crippen LogP contribution is -2.19. The monoisotopic (exact) mass is 202 g/mol. The van der Waals surface area contributed by atoms with E-state index >= 15 is 0 Å². The van der Waals surface area contributed by atoms with E-state index in [-0.39, 0.29) is 0 Å². The summed E-state index contributed by atoms with van der Waals surface area (Å²) in [5.74, 6) is -1.89. The largest absolute Gasteiger partial charge is 0.872 e. The van der Waals surface area contributed by atoms with E-state index in [1.807, 2.05) is 0 Å². The molecule has 0 amide bonds. The molecule has 78 valence electrons. The summed E-state index contributed by atoms with van der Waals surface area (Å²) in [6.07, 6.45) is 0. The first kappa shape index (κ1) is 10.3. The number of hydrogen-bond donors (Lipinski definition) is 4. The van der Waals surface area contributed by atoms with Crippen LogP contribution < -0.4 is 20.7 Å². The highest BCUT2D eigenvalue weighted by atomic mass is 16.8. The van der Waals surface area contributed by atoms with E-state index in [1.165, 1.54) is 0 Å². The summed E-state index contributed by atoms with van der Waals surface area (Å²) in [5, 5.41) is 54.8. The van der Waals surface area contributed by atoms with Crippen LogP contribution in [-0.2, 0) is 0 Å². The molecule has 0 aromatic heterocycles. The van der Waals surface area contributed by atoms with Gasteiger partial charge in [0, 0.05) is 0 Å². The minimum atomic E-state index is -1.11. The smallest absolute Gasteiger partial charge is 0.0880 e. The van der Waals surface area contributed by atoms with Crippen molar-refractivity contribution < 1.29 is 31.0 Å². The molecule has 0 aliphatic rings. The third-order valence-corrected chi connectivity index (χ3v) is 1.45. The maximum atomic E-state index is 11.1. The molecule has 8 nitrogen and oxygen atoms in total. The fourth-order valence-corrected chi connectivity index (χ4v) is 0.871. The van der Waals surface area contributed by atoms with Gasteiger partial charge in [0.05, 0.1) is 11.4 Å². The van der Waals surface area contributed by atoms with Gasteiger partial charge in [-0.2, -0.15) is 0 Å². The van der Waals surface area contributed by atoms with E-state index in [1.54, 1.807) is 0 Å². The summed E-state index contributed by atoms with van der Waals surface area (Å²) in [7, 11) is 0. The lowest BCUT2D eigenvalue weighted by atomic mass is 10.2. The highest BCUT2D eigenvalue weighted by Crippen LogP contribution is 2.35. The molecule has 1 rings (SSSR count). The Balaban J connectivity index is 3.32. The molecule has 0 unspecified atom stereocenters. The molecular weight excluding hydrogens is 196 g/mol. The van der Waals surface area contributed by atoms with Crippen LogP contribution in [0.3, 0.4) is 0 Å². The molecule has 0 aliphatic carbocycles. The van der Waals surface area contributed by atoms with Crippen LogP contribution in [0.25, 0.3) is 0 Å². The van der Waals surface area contributed by atoms with Crippen LogP contribution >= 0.6 is 0 Å². The Hall–Kier alpha value is -1.74.